The average molecular weight is 438 g/mol. The lowest BCUT2D eigenvalue weighted by Crippen LogP contribution is -2.37. The molecule has 0 aliphatic rings. The third-order valence-electron chi connectivity index (χ3n) is 4.80. The van der Waals surface area contributed by atoms with Crippen molar-refractivity contribution < 1.29 is 9.53 Å². The van der Waals surface area contributed by atoms with Gasteiger partial charge in [-0.3, -0.25) is 23.3 Å². The number of rotatable bonds is 8. The molecule has 0 saturated heterocycles. The zero-order valence-electron chi connectivity index (χ0n) is 18.5. The average Bonchev–Trinajstić information content (AvgIpc) is 3.14. The Kier molecular flexibility index (Phi) is 7.04. The summed E-state index contributed by atoms with van der Waals surface area (Å²) in [5.74, 6) is -0.106. The maximum atomic E-state index is 12.9. The zero-order chi connectivity index (χ0) is 23.3. The van der Waals surface area contributed by atoms with E-state index >= 15 is 0 Å². The number of carbonyl (C=O) groups excluding carboxylic acids is 1. The number of aryl methyl sites for hydroxylation is 1. The minimum atomic E-state index is -0.472. The molecule has 0 unspecified atom stereocenters. The fourth-order valence-corrected chi connectivity index (χ4v) is 3.17. The molecule has 0 saturated carbocycles. The van der Waals surface area contributed by atoms with Crippen molar-refractivity contribution in [2.75, 3.05) is 12.0 Å². The molecule has 1 N–H and O–H groups in total. The van der Waals surface area contributed by atoms with Gasteiger partial charge in [-0.2, -0.15) is 10.1 Å². The third kappa shape index (κ3) is 4.85. The summed E-state index contributed by atoms with van der Waals surface area (Å²) in [6, 6.07) is 9.74. The number of benzene rings is 1. The van der Waals surface area contributed by atoms with Crippen LogP contribution in [0.1, 0.15) is 25.8 Å². The molecule has 0 amide bonds. The van der Waals surface area contributed by atoms with E-state index in [1.54, 1.807) is 25.5 Å². The highest BCUT2D eigenvalue weighted by molar-refractivity contribution is 5.97. The summed E-state index contributed by atoms with van der Waals surface area (Å²) in [4.78, 5) is 41.3. The Morgan fingerprint density at radius 3 is 2.59 bits per heavy atom. The summed E-state index contributed by atoms with van der Waals surface area (Å²) in [6.07, 6.45) is 3.84. The maximum Gasteiger partial charge on any atom is 0.332 e. The van der Waals surface area contributed by atoms with Gasteiger partial charge in [-0.25, -0.2) is 10.2 Å². The molecule has 10 heteroatoms. The van der Waals surface area contributed by atoms with Crippen LogP contribution < -0.4 is 16.7 Å². The Labute approximate surface area is 184 Å². The lowest BCUT2D eigenvalue weighted by molar-refractivity contribution is -0.141. The highest BCUT2D eigenvalue weighted by atomic mass is 16.5. The van der Waals surface area contributed by atoms with Gasteiger partial charge in [0.05, 0.1) is 13.0 Å². The van der Waals surface area contributed by atoms with Crippen molar-refractivity contribution in [3.63, 3.8) is 0 Å². The number of nitrogens with one attached hydrogen (secondary N) is 1. The zero-order valence-corrected chi connectivity index (χ0v) is 18.5. The molecule has 0 aliphatic heterocycles. The van der Waals surface area contributed by atoms with Crippen molar-refractivity contribution in [1.29, 1.82) is 0 Å². The van der Waals surface area contributed by atoms with Crippen LogP contribution in [-0.2, 0) is 30.2 Å². The Bertz CT molecular complexity index is 1300. The molecule has 32 heavy (non-hydrogen) atoms. The van der Waals surface area contributed by atoms with Crippen molar-refractivity contribution in [3.8, 4) is 0 Å². The lowest BCUT2D eigenvalue weighted by atomic mass is 10.2. The predicted molar refractivity (Wildman–Crippen MR) is 124 cm³/mol. The molecular weight excluding hydrogens is 412 g/mol. The minimum Gasteiger partial charge on any atom is -0.466 e. The fraction of sp³-hybridized carbons (Fsp3) is 0.318. The monoisotopic (exact) mass is 438 g/mol. The Hall–Kier alpha value is -3.95. The van der Waals surface area contributed by atoms with Gasteiger partial charge in [0.15, 0.2) is 11.2 Å². The van der Waals surface area contributed by atoms with E-state index in [0.29, 0.717) is 18.9 Å². The van der Waals surface area contributed by atoms with Crippen LogP contribution in [0, 0.1) is 0 Å². The number of hydrogen-bond donors (Lipinski definition) is 1. The first-order chi connectivity index (χ1) is 15.3. The second kappa shape index (κ2) is 9.90. The van der Waals surface area contributed by atoms with Crippen LogP contribution in [-0.4, -0.2) is 37.0 Å². The predicted octanol–water partition coefficient (Wildman–Crippen LogP) is 1.89. The topological polar surface area (TPSA) is 113 Å². The van der Waals surface area contributed by atoms with Crippen LogP contribution in [0.15, 0.2) is 51.1 Å². The van der Waals surface area contributed by atoms with Gasteiger partial charge in [-0.15, -0.1) is 0 Å². The van der Waals surface area contributed by atoms with Crippen molar-refractivity contribution in [2.24, 2.45) is 19.2 Å². The van der Waals surface area contributed by atoms with Crippen LogP contribution >= 0.6 is 0 Å². The molecular formula is C22H26N6O4. The lowest BCUT2D eigenvalue weighted by Gasteiger charge is -2.07. The van der Waals surface area contributed by atoms with E-state index in [1.165, 1.54) is 11.6 Å². The number of nitrogens with zero attached hydrogens (tertiary/aromatic N) is 5. The van der Waals surface area contributed by atoms with E-state index in [2.05, 4.69) is 15.5 Å². The molecule has 0 radical (unpaired) electrons. The first-order valence-corrected chi connectivity index (χ1v) is 10.2. The van der Waals surface area contributed by atoms with Gasteiger partial charge in [-0.05, 0) is 19.4 Å². The summed E-state index contributed by atoms with van der Waals surface area (Å²) in [7, 11) is 2.98. The van der Waals surface area contributed by atoms with Crippen LogP contribution in [0.2, 0.25) is 0 Å². The van der Waals surface area contributed by atoms with E-state index in [9.17, 15) is 14.4 Å². The van der Waals surface area contributed by atoms with E-state index in [1.807, 2.05) is 42.5 Å². The number of anilines is 1. The highest BCUT2D eigenvalue weighted by Crippen LogP contribution is 2.16. The molecule has 2 heterocycles. The molecule has 0 spiro atoms. The maximum absolute atomic E-state index is 12.9. The Morgan fingerprint density at radius 1 is 1.19 bits per heavy atom. The Morgan fingerprint density at radius 2 is 1.91 bits per heavy atom. The molecule has 0 atom stereocenters. The standard InChI is InChI=1S/C22H26N6O4/c1-5-32-17(29)14-15(2)24-25-21-23-19-18(20(30)27(4)22(31)26(19)3)28(21)13-9-12-16-10-7-6-8-11-16/h6-12H,5,13-14H2,1-4H3,(H,23,25). The van der Waals surface area contributed by atoms with Gasteiger partial charge in [0.2, 0.25) is 5.95 Å². The summed E-state index contributed by atoms with van der Waals surface area (Å²) in [6.45, 7) is 4.02. The summed E-state index contributed by atoms with van der Waals surface area (Å²) in [5.41, 5.74) is 3.91. The number of fused-ring (bicyclic) bond motifs is 1. The third-order valence-corrected chi connectivity index (χ3v) is 4.80. The summed E-state index contributed by atoms with van der Waals surface area (Å²) in [5, 5.41) is 4.21. The number of allylic oxidation sites excluding steroid dienone is 1. The smallest absolute Gasteiger partial charge is 0.332 e. The van der Waals surface area contributed by atoms with Gasteiger partial charge in [-0.1, -0.05) is 42.5 Å². The van der Waals surface area contributed by atoms with Crippen molar-refractivity contribution in [1.82, 2.24) is 18.7 Å². The van der Waals surface area contributed by atoms with Gasteiger partial charge in [0, 0.05) is 26.4 Å². The second-order valence-electron chi connectivity index (χ2n) is 7.18. The first-order valence-electron chi connectivity index (χ1n) is 10.2. The molecule has 3 aromatic rings. The first kappa shape index (κ1) is 22.7. The van der Waals surface area contributed by atoms with Crippen molar-refractivity contribution in [2.45, 2.75) is 26.8 Å². The van der Waals surface area contributed by atoms with Gasteiger partial charge >= 0.3 is 11.7 Å². The number of esters is 1. The van der Waals surface area contributed by atoms with E-state index < -0.39 is 11.2 Å². The summed E-state index contributed by atoms with van der Waals surface area (Å²) < 4.78 is 8.94. The quantitative estimate of drug-likeness (QED) is 0.327. The number of aromatic nitrogens is 4. The molecule has 0 aliphatic carbocycles. The number of carbonyl (C=O) groups is 1. The number of hydrogen-bond acceptors (Lipinski definition) is 7. The molecule has 10 nitrogen and oxygen atoms in total. The van der Waals surface area contributed by atoms with Crippen molar-refractivity contribution >= 4 is 34.9 Å². The molecule has 0 fully saturated rings. The molecule has 168 valence electrons. The fourth-order valence-electron chi connectivity index (χ4n) is 3.17. The van der Waals surface area contributed by atoms with Gasteiger partial charge in [0.25, 0.3) is 5.56 Å². The minimum absolute atomic E-state index is 0.0230. The number of imidazole rings is 1. The van der Waals surface area contributed by atoms with Crippen LogP contribution in [0.5, 0.6) is 0 Å². The highest BCUT2D eigenvalue weighted by Gasteiger charge is 2.18. The Balaban J connectivity index is 2.01. The second-order valence-corrected chi connectivity index (χ2v) is 7.18. The van der Waals surface area contributed by atoms with E-state index in [-0.39, 0.29) is 29.5 Å². The largest absolute Gasteiger partial charge is 0.466 e. The summed E-state index contributed by atoms with van der Waals surface area (Å²) >= 11 is 0. The van der Waals surface area contributed by atoms with Crippen LogP contribution in [0.3, 0.4) is 0 Å². The molecule has 0 bridgehead atoms. The van der Waals surface area contributed by atoms with Gasteiger partial charge in [0.1, 0.15) is 0 Å². The van der Waals surface area contributed by atoms with Crippen LogP contribution in [0.25, 0.3) is 17.2 Å². The number of hydrazone groups is 1. The SMILES string of the molecule is CCOC(=O)CC(C)=NNc1nc2c(c(=O)n(C)c(=O)n2C)n1CC=Cc1ccccc1. The molecule has 1 aromatic carbocycles. The van der Waals surface area contributed by atoms with Crippen molar-refractivity contribution in [3.05, 3.63) is 62.8 Å². The number of ether oxygens (including phenoxy) is 1. The van der Waals surface area contributed by atoms with E-state index in [4.69, 9.17) is 4.74 Å². The molecule has 2 aromatic heterocycles. The molecule has 3 rings (SSSR count). The normalized spacial score (nSPS) is 11.9. The van der Waals surface area contributed by atoms with Crippen LogP contribution in [0.4, 0.5) is 5.95 Å². The van der Waals surface area contributed by atoms with E-state index in [0.717, 1.165) is 10.1 Å². The van der Waals surface area contributed by atoms with Gasteiger partial charge < -0.3 is 4.74 Å².